The molecule has 0 aliphatic heterocycles. The second-order valence-electron chi connectivity index (χ2n) is 7.71. The third kappa shape index (κ3) is 4.30. The van der Waals surface area contributed by atoms with E-state index in [4.69, 9.17) is 0 Å². The number of halogens is 1. The molecule has 2 aromatic carbocycles. The summed E-state index contributed by atoms with van der Waals surface area (Å²) in [5.74, 6) is 0. The molecule has 23 heavy (non-hydrogen) atoms. The van der Waals surface area contributed by atoms with Crippen molar-refractivity contribution in [2.75, 3.05) is 0 Å². The molecule has 0 atom stereocenters. The fraction of sp³-hybridized carbons (Fsp3) is 0.333. The van der Waals surface area contributed by atoms with Gasteiger partial charge < -0.3 is 0 Å². The molecule has 0 spiro atoms. The van der Waals surface area contributed by atoms with Gasteiger partial charge in [0, 0.05) is 10.9 Å². The molecule has 2 aliphatic carbocycles. The van der Waals surface area contributed by atoms with Gasteiger partial charge in [0.2, 0.25) is 0 Å². The third-order valence-electron chi connectivity index (χ3n) is 5.00. The van der Waals surface area contributed by atoms with Crippen molar-refractivity contribution >= 4 is 40.4 Å². The molecule has 120 valence electrons. The van der Waals surface area contributed by atoms with Gasteiger partial charge in [0.05, 0.1) is 0 Å². The Kier molecular flexibility index (Phi) is 5.37. The molecule has 4 rings (SSSR count). The van der Waals surface area contributed by atoms with Crippen LogP contribution >= 0.6 is 15.9 Å². The Bertz CT molecular complexity index is 700. The molecule has 2 heteroatoms. The Morgan fingerprint density at radius 2 is 1.35 bits per heavy atom. The summed E-state index contributed by atoms with van der Waals surface area (Å²) in [6, 6.07) is 17.4. The van der Waals surface area contributed by atoms with E-state index in [1.165, 1.54) is 28.5 Å². The molecule has 0 saturated heterocycles. The first-order valence-corrected chi connectivity index (χ1v) is 19.4. The van der Waals surface area contributed by atoms with Crippen LogP contribution in [-0.4, -0.2) is 18.4 Å². The first-order chi connectivity index (χ1) is 10.9. The Balaban J connectivity index is 0.000000140. The van der Waals surface area contributed by atoms with Gasteiger partial charge in [0.1, 0.15) is 0 Å². The van der Waals surface area contributed by atoms with Crippen molar-refractivity contribution < 1.29 is 0 Å². The van der Waals surface area contributed by atoms with Gasteiger partial charge in [-0.05, 0) is 17.2 Å². The van der Waals surface area contributed by atoms with Crippen LogP contribution in [0.5, 0.6) is 0 Å². The van der Waals surface area contributed by atoms with Crippen LogP contribution in [-0.2, 0) is 19.3 Å². The Hall–Kier alpha value is -0.541. The maximum absolute atomic E-state index is 3.48. The summed E-state index contributed by atoms with van der Waals surface area (Å²) in [5, 5.41) is 0. The van der Waals surface area contributed by atoms with Gasteiger partial charge >= 0.3 is 85.4 Å². The Labute approximate surface area is 153 Å². The number of hydrogen-bond donors (Lipinski definition) is 0. The first-order valence-electron chi connectivity index (χ1n) is 8.44. The first kappa shape index (κ1) is 17.3. The van der Waals surface area contributed by atoms with E-state index in [0.717, 1.165) is 10.4 Å². The van der Waals surface area contributed by atoms with Gasteiger partial charge in [-0.25, -0.2) is 0 Å². The fourth-order valence-electron chi connectivity index (χ4n) is 3.41. The van der Waals surface area contributed by atoms with Crippen LogP contribution < -0.4 is 0 Å². The monoisotopic (exact) mass is 476 g/mol. The molecule has 0 fully saturated rings. The van der Waals surface area contributed by atoms with Gasteiger partial charge in [-0.15, -0.1) is 0 Å². The zero-order chi connectivity index (χ0) is 16.4. The second-order valence-corrected chi connectivity index (χ2v) is 24.6. The second kappa shape index (κ2) is 7.14. The molecular weight excluding hydrogens is 451 g/mol. The topological polar surface area (TPSA) is 0 Å². The van der Waals surface area contributed by atoms with Gasteiger partial charge in [0.25, 0.3) is 0 Å². The van der Waals surface area contributed by atoms with Crippen LogP contribution in [0.3, 0.4) is 0 Å². The standard InChI is InChI=1S/C9H7Br.C9H9.3CH3.Sn/c10-9-5-7-3-1-2-4-8(7)6-9;1-2-5-9-7-3-6-8(9)4-1;;;;/h1-5H,6H2;1-5H,6-7H2;3*1H3;. The summed E-state index contributed by atoms with van der Waals surface area (Å²) in [5.41, 5.74) is 6.03. The Morgan fingerprint density at radius 1 is 0.826 bits per heavy atom. The predicted octanol–water partition coefficient (Wildman–Crippen LogP) is 6.47. The average Bonchev–Trinajstić information content (AvgIpc) is 3.09. The number of rotatable bonds is 1. The summed E-state index contributed by atoms with van der Waals surface area (Å²) in [4.78, 5) is 7.68. The Morgan fingerprint density at radius 3 is 1.87 bits per heavy atom. The van der Waals surface area contributed by atoms with E-state index < -0.39 is 18.4 Å². The van der Waals surface area contributed by atoms with Crippen LogP contribution in [0.1, 0.15) is 22.3 Å². The molecular formula is C21H25BrSn. The van der Waals surface area contributed by atoms with Crippen molar-refractivity contribution in [1.29, 1.82) is 0 Å². The molecule has 2 aromatic rings. The zero-order valence-electron chi connectivity index (χ0n) is 14.3. The van der Waals surface area contributed by atoms with Gasteiger partial charge in [-0.3, -0.25) is 0 Å². The van der Waals surface area contributed by atoms with Gasteiger partial charge in [0.15, 0.2) is 0 Å². The average molecular weight is 476 g/mol. The van der Waals surface area contributed by atoms with Crippen LogP contribution in [0, 0.1) is 0 Å². The van der Waals surface area contributed by atoms with Crippen molar-refractivity contribution in [3.63, 3.8) is 0 Å². The third-order valence-corrected chi connectivity index (χ3v) is 13.7. The number of fused-ring (bicyclic) bond motifs is 2. The van der Waals surface area contributed by atoms with Gasteiger partial charge in [-0.1, -0.05) is 40.2 Å². The summed E-state index contributed by atoms with van der Waals surface area (Å²) in [6.45, 7) is 0. The van der Waals surface area contributed by atoms with Crippen LogP contribution in [0.4, 0.5) is 0 Å². The predicted molar refractivity (Wildman–Crippen MR) is 108 cm³/mol. The number of benzene rings is 2. The summed E-state index contributed by atoms with van der Waals surface area (Å²) < 4.78 is 2.33. The molecule has 0 saturated carbocycles. The normalized spacial score (nSPS) is 16.3. The van der Waals surface area contributed by atoms with Crippen LogP contribution in [0.25, 0.3) is 6.08 Å². The summed E-state index contributed by atoms with van der Waals surface area (Å²) in [6.07, 6.45) is 5.98. The van der Waals surface area contributed by atoms with E-state index in [9.17, 15) is 0 Å². The van der Waals surface area contributed by atoms with Gasteiger partial charge in [-0.2, -0.15) is 0 Å². The number of hydrogen-bond acceptors (Lipinski definition) is 0. The fourth-order valence-corrected chi connectivity index (χ4v) is 8.71. The van der Waals surface area contributed by atoms with E-state index >= 15 is 0 Å². The van der Waals surface area contributed by atoms with Crippen LogP contribution in [0.15, 0.2) is 53.0 Å². The molecule has 0 nitrogen and oxygen atoms in total. The van der Waals surface area contributed by atoms with E-state index in [1.807, 2.05) is 0 Å². The summed E-state index contributed by atoms with van der Waals surface area (Å²) >= 11 is 1.85. The molecule has 0 N–H and O–H groups in total. The van der Waals surface area contributed by atoms with Crippen LogP contribution in [0.2, 0.25) is 18.8 Å². The molecule has 0 heterocycles. The van der Waals surface area contributed by atoms with E-state index in [0.29, 0.717) is 0 Å². The maximum atomic E-state index is 3.48. The minimum absolute atomic E-state index is 1.05. The van der Waals surface area contributed by atoms with Crippen molar-refractivity contribution in [2.45, 2.75) is 38.0 Å². The molecule has 0 amide bonds. The van der Waals surface area contributed by atoms with Crippen molar-refractivity contribution in [2.24, 2.45) is 0 Å². The van der Waals surface area contributed by atoms with Crippen molar-refractivity contribution in [3.05, 3.63) is 75.3 Å². The quantitative estimate of drug-likeness (QED) is 0.414. The van der Waals surface area contributed by atoms with Crippen molar-refractivity contribution in [1.82, 2.24) is 0 Å². The molecule has 0 unspecified atom stereocenters. The van der Waals surface area contributed by atoms with Crippen molar-refractivity contribution in [3.8, 4) is 0 Å². The SMILES string of the molecule is BrC1=Cc2ccccc2C1.[CH3][Sn]([CH3])([CH3])[CH]1Cc2ccccc2C1. The molecule has 0 bridgehead atoms. The molecule has 0 aromatic heterocycles. The zero-order valence-corrected chi connectivity index (χ0v) is 18.7. The summed E-state index contributed by atoms with van der Waals surface area (Å²) in [7, 11) is 0. The van der Waals surface area contributed by atoms with E-state index in [-0.39, 0.29) is 0 Å². The molecule has 2 aliphatic rings. The number of allylic oxidation sites excluding steroid dienone is 1. The van der Waals surface area contributed by atoms with E-state index in [1.54, 1.807) is 11.1 Å². The molecule has 0 radical (unpaired) electrons. The minimum atomic E-state index is -1.63. The van der Waals surface area contributed by atoms with E-state index in [2.05, 4.69) is 85.4 Å².